The third-order valence-electron chi connectivity index (χ3n) is 3.56. The van der Waals surface area contributed by atoms with E-state index in [-0.39, 0.29) is 5.75 Å². The third kappa shape index (κ3) is 4.35. The summed E-state index contributed by atoms with van der Waals surface area (Å²) in [5, 5.41) is 19.5. The van der Waals surface area contributed by atoms with Crippen LogP contribution in [-0.2, 0) is 6.54 Å². The summed E-state index contributed by atoms with van der Waals surface area (Å²) in [4.78, 5) is 0. The second-order valence-electron chi connectivity index (χ2n) is 5.22. The Bertz CT molecular complexity index is 840. The van der Waals surface area contributed by atoms with Crippen molar-refractivity contribution in [2.24, 2.45) is 0 Å². The van der Waals surface area contributed by atoms with Gasteiger partial charge < -0.3 is 14.4 Å². The van der Waals surface area contributed by atoms with Crippen LogP contribution in [0.25, 0.3) is 11.4 Å². The quantitative estimate of drug-likeness (QED) is 0.447. The van der Waals surface area contributed by atoms with Crippen LogP contribution in [0.5, 0.6) is 11.5 Å². The van der Waals surface area contributed by atoms with Crippen LogP contribution in [0.15, 0.2) is 58.2 Å². The highest BCUT2D eigenvalue weighted by atomic mass is 79.9. The number of ether oxygens (including phenoxy) is 1. The van der Waals surface area contributed by atoms with Crippen LogP contribution in [0.4, 0.5) is 0 Å². The maximum absolute atomic E-state index is 10.1. The van der Waals surface area contributed by atoms with E-state index < -0.39 is 0 Å². The van der Waals surface area contributed by atoms with Gasteiger partial charge in [0.15, 0.2) is 11.0 Å². The van der Waals surface area contributed by atoms with Gasteiger partial charge in [0.2, 0.25) is 0 Å². The Morgan fingerprint density at radius 3 is 2.72 bits per heavy atom. The van der Waals surface area contributed by atoms with Gasteiger partial charge in [-0.1, -0.05) is 45.9 Å². The molecule has 1 N–H and O–H groups in total. The second kappa shape index (κ2) is 8.40. The van der Waals surface area contributed by atoms with Gasteiger partial charge in [0.1, 0.15) is 11.5 Å². The molecule has 0 saturated heterocycles. The first-order valence-electron chi connectivity index (χ1n) is 7.91. The smallest absolute Gasteiger partial charge is 0.191 e. The van der Waals surface area contributed by atoms with Crippen molar-refractivity contribution < 1.29 is 9.84 Å². The molecule has 0 spiro atoms. The molecule has 0 saturated carbocycles. The zero-order valence-electron chi connectivity index (χ0n) is 13.7. The maximum Gasteiger partial charge on any atom is 0.191 e. The minimum absolute atomic E-state index is 0.189. The SMILES string of the molecule is CCn1c(SCCOc2ccccc2)nnc1-c1cc(Br)ccc1O. The van der Waals surface area contributed by atoms with Gasteiger partial charge >= 0.3 is 0 Å². The van der Waals surface area contributed by atoms with E-state index in [4.69, 9.17) is 4.74 Å². The molecule has 7 heteroatoms. The molecule has 130 valence electrons. The lowest BCUT2D eigenvalue weighted by Crippen LogP contribution is -2.03. The van der Waals surface area contributed by atoms with E-state index >= 15 is 0 Å². The number of hydrogen-bond acceptors (Lipinski definition) is 5. The number of halogens is 1. The summed E-state index contributed by atoms with van der Waals surface area (Å²) in [6.45, 7) is 3.34. The molecule has 0 atom stereocenters. The highest BCUT2D eigenvalue weighted by Gasteiger charge is 2.16. The first-order chi connectivity index (χ1) is 12.2. The summed E-state index contributed by atoms with van der Waals surface area (Å²) in [5.74, 6) is 2.47. The number of thioether (sulfide) groups is 1. The molecular weight excluding hydrogens is 402 g/mol. The highest BCUT2D eigenvalue weighted by molar-refractivity contribution is 9.10. The van der Waals surface area contributed by atoms with Crippen molar-refractivity contribution in [2.45, 2.75) is 18.6 Å². The molecular formula is C18H18BrN3O2S. The molecule has 1 heterocycles. The standard InChI is InChI=1S/C18H18BrN3O2S/c1-2-22-17(15-12-13(19)8-9-16(15)23)20-21-18(22)25-11-10-24-14-6-4-3-5-7-14/h3-9,12,23H,2,10-11H2,1H3. The molecule has 0 bridgehead atoms. The molecule has 3 aromatic rings. The van der Waals surface area contributed by atoms with Gasteiger partial charge in [-0.15, -0.1) is 10.2 Å². The van der Waals surface area contributed by atoms with Crippen molar-refractivity contribution in [3.8, 4) is 22.9 Å². The Hall–Kier alpha value is -1.99. The first-order valence-corrected chi connectivity index (χ1v) is 9.69. The lowest BCUT2D eigenvalue weighted by Gasteiger charge is -2.09. The van der Waals surface area contributed by atoms with Crippen molar-refractivity contribution in [1.82, 2.24) is 14.8 Å². The Labute approximate surface area is 159 Å². The van der Waals surface area contributed by atoms with E-state index in [1.807, 2.05) is 47.9 Å². The largest absolute Gasteiger partial charge is 0.507 e. The van der Waals surface area contributed by atoms with E-state index in [1.165, 1.54) is 0 Å². The maximum atomic E-state index is 10.1. The van der Waals surface area contributed by atoms with Gasteiger partial charge in [0.25, 0.3) is 0 Å². The summed E-state index contributed by atoms with van der Waals surface area (Å²) in [6.07, 6.45) is 0. The average molecular weight is 420 g/mol. The zero-order valence-corrected chi connectivity index (χ0v) is 16.1. The molecule has 0 amide bonds. The number of rotatable bonds is 7. The van der Waals surface area contributed by atoms with Gasteiger partial charge in [-0.3, -0.25) is 0 Å². The van der Waals surface area contributed by atoms with Crippen LogP contribution in [0.1, 0.15) is 6.92 Å². The molecule has 3 rings (SSSR count). The third-order valence-corrected chi connectivity index (χ3v) is 4.98. The van der Waals surface area contributed by atoms with Crippen LogP contribution in [-0.4, -0.2) is 32.2 Å². The average Bonchev–Trinajstić information content (AvgIpc) is 3.04. The Morgan fingerprint density at radius 2 is 1.96 bits per heavy atom. The number of benzene rings is 2. The summed E-state index contributed by atoms with van der Waals surface area (Å²) in [5.41, 5.74) is 0.663. The van der Waals surface area contributed by atoms with Crippen molar-refractivity contribution in [1.29, 1.82) is 0 Å². The number of nitrogens with zero attached hydrogens (tertiary/aromatic N) is 3. The van der Waals surface area contributed by atoms with Crippen LogP contribution in [0.3, 0.4) is 0 Å². The van der Waals surface area contributed by atoms with Gasteiger partial charge in [-0.05, 0) is 37.3 Å². The normalized spacial score (nSPS) is 10.8. The molecule has 0 aliphatic heterocycles. The van der Waals surface area contributed by atoms with Crippen LogP contribution in [0.2, 0.25) is 0 Å². The number of hydrogen-bond donors (Lipinski definition) is 1. The first kappa shape index (κ1) is 17.8. The number of para-hydroxylation sites is 1. The van der Waals surface area contributed by atoms with Gasteiger partial charge in [0, 0.05) is 16.8 Å². The minimum Gasteiger partial charge on any atom is -0.507 e. The molecule has 0 fully saturated rings. The second-order valence-corrected chi connectivity index (χ2v) is 7.20. The van der Waals surface area contributed by atoms with Crippen molar-refractivity contribution in [3.63, 3.8) is 0 Å². The molecule has 0 radical (unpaired) electrons. The Morgan fingerprint density at radius 1 is 1.16 bits per heavy atom. The fraction of sp³-hybridized carbons (Fsp3) is 0.222. The molecule has 0 aliphatic rings. The topological polar surface area (TPSA) is 60.2 Å². The van der Waals surface area contributed by atoms with Crippen LogP contribution in [0, 0.1) is 0 Å². The minimum atomic E-state index is 0.189. The number of phenolic OH excluding ortho intramolecular Hbond substituents is 1. The van der Waals surface area contributed by atoms with Crippen LogP contribution >= 0.6 is 27.7 Å². The van der Waals surface area contributed by atoms with Gasteiger partial charge in [-0.25, -0.2) is 0 Å². The Balaban J connectivity index is 1.69. The number of aromatic nitrogens is 3. The van der Waals surface area contributed by atoms with Gasteiger partial charge in [0.05, 0.1) is 12.2 Å². The molecule has 1 aromatic heterocycles. The summed E-state index contributed by atoms with van der Waals surface area (Å²) >= 11 is 5.02. The lowest BCUT2D eigenvalue weighted by molar-refractivity contribution is 0.344. The van der Waals surface area contributed by atoms with E-state index in [1.54, 1.807) is 23.9 Å². The molecule has 2 aromatic carbocycles. The molecule has 0 unspecified atom stereocenters. The van der Waals surface area contributed by atoms with Crippen molar-refractivity contribution >= 4 is 27.7 Å². The fourth-order valence-electron chi connectivity index (χ4n) is 2.38. The molecule has 25 heavy (non-hydrogen) atoms. The Kier molecular flexibility index (Phi) is 5.99. The summed E-state index contributed by atoms with van der Waals surface area (Å²) in [7, 11) is 0. The number of phenols is 1. The number of aromatic hydroxyl groups is 1. The van der Waals surface area contributed by atoms with E-state index in [2.05, 4.69) is 26.1 Å². The van der Waals surface area contributed by atoms with E-state index in [0.29, 0.717) is 18.0 Å². The predicted molar refractivity (Wildman–Crippen MR) is 103 cm³/mol. The molecule has 0 aliphatic carbocycles. The summed E-state index contributed by atoms with van der Waals surface area (Å²) < 4.78 is 8.58. The van der Waals surface area contributed by atoms with Crippen molar-refractivity contribution in [3.05, 3.63) is 53.0 Å². The van der Waals surface area contributed by atoms with E-state index in [9.17, 15) is 5.11 Å². The highest BCUT2D eigenvalue weighted by Crippen LogP contribution is 2.32. The predicted octanol–water partition coefficient (Wildman–Crippen LogP) is 4.60. The summed E-state index contributed by atoms with van der Waals surface area (Å²) in [6, 6.07) is 15.0. The lowest BCUT2D eigenvalue weighted by atomic mass is 10.2. The van der Waals surface area contributed by atoms with Crippen molar-refractivity contribution in [2.75, 3.05) is 12.4 Å². The van der Waals surface area contributed by atoms with Crippen LogP contribution < -0.4 is 4.74 Å². The molecule has 5 nitrogen and oxygen atoms in total. The monoisotopic (exact) mass is 419 g/mol. The van der Waals surface area contributed by atoms with Gasteiger partial charge in [-0.2, -0.15) is 0 Å². The fourth-order valence-corrected chi connectivity index (χ4v) is 3.56. The zero-order chi connectivity index (χ0) is 17.6. The van der Waals surface area contributed by atoms with E-state index in [0.717, 1.165) is 27.7 Å².